The van der Waals surface area contributed by atoms with Gasteiger partial charge in [0.05, 0.1) is 13.7 Å². The van der Waals surface area contributed by atoms with Crippen LogP contribution in [0.1, 0.15) is 16.7 Å². The normalized spacial score (nSPS) is 10.8. The highest BCUT2D eigenvalue weighted by molar-refractivity contribution is 7.13. The number of methoxy groups -OCH3 is 1. The molecule has 7 heteroatoms. The van der Waals surface area contributed by atoms with Gasteiger partial charge in [0.15, 0.2) is 0 Å². The van der Waals surface area contributed by atoms with Crippen molar-refractivity contribution < 1.29 is 9.53 Å². The lowest BCUT2D eigenvalue weighted by molar-refractivity contribution is -0.117. The second-order valence-corrected chi connectivity index (χ2v) is 6.06. The summed E-state index contributed by atoms with van der Waals surface area (Å²) in [5, 5.41) is 10.7. The Morgan fingerprint density at radius 3 is 2.59 bits per heavy atom. The Kier molecular flexibility index (Phi) is 5.46. The lowest BCUT2D eigenvalue weighted by Crippen LogP contribution is -2.29. The molecule has 0 spiro atoms. The average molecular weight is 320 g/mol. The summed E-state index contributed by atoms with van der Waals surface area (Å²) in [7, 11) is 3.59. The Morgan fingerprint density at radius 2 is 2.05 bits per heavy atom. The summed E-state index contributed by atoms with van der Waals surface area (Å²) >= 11 is 1.30. The first kappa shape index (κ1) is 16.4. The van der Waals surface area contributed by atoms with Crippen LogP contribution in [0.5, 0.6) is 5.75 Å². The van der Waals surface area contributed by atoms with Gasteiger partial charge in [-0.05, 0) is 37.6 Å². The second kappa shape index (κ2) is 7.33. The van der Waals surface area contributed by atoms with Gasteiger partial charge >= 0.3 is 0 Å². The highest BCUT2D eigenvalue weighted by atomic mass is 32.1. The number of hydrogen-bond donors (Lipinski definition) is 1. The first-order valence-corrected chi connectivity index (χ1v) is 7.76. The summed E-state index contributed by atoms with van der Waals surface area (Å²) in [6, 6.07) is 4.18. The van der Waals surface area contributed by atoms with E-state index in [0.29, 0.717) is 18.2 Å². The number of hydrogen-bond acceptors (Lipinski definition) is 6. The molecule has 0 fully saturated rings. The molecule has 0 saturated heterocycles. The third-order valence-corrected chi connectivity index (χ3v) is 3.80. The van der Waals surface area contributed by atoms with E-state index in [9.17, 15) is 4.79 Å². The number of aryl methyl sites for hydroxylation is 2. The molecule has 1 heterocycles. The number of rotatable bonds is 6. The van der Waals surface area contributed by atoms with Crippen molar-refractivity contribution in [2.75, 3.05) is 26.0 Å². The first-order chi connectivity index (χ1) is 10.5. The van der Waals surface area contributed by atoms with E-state index in [1.165, 1.54) is 11.3 Å². The molecular weight excluding hydrogens is 300 g/mol. The molecule has 1 aromatic carbocycles. The van der Waals surface area contributed by atoms with E-state index in [-0.39, 0.29) is 5.91 Å². The van der Waals surface area contributed by atoms with Gasteiger partial charge in [0, 0.05) is 6.54 Å². The van der Waals surface area contributed by atoms with E-state index in [0.717, 1.165) is 22.4 Å². The summed E-state index contributed by atoms with van der Waals surface area (Å²) in [5.41, 5.74) is 4.94. The minimum atomic E-state index is -0.0961. The summed E-state index contributed by atoms with van der Waals surface area (Å²) < 4.78 is 5.37. The largest absolute Gasteiger partial charge is 0.496 e. The van der Waals surface area contributed by atoms with Gasteiger partial charge < -0.3 is 4.74 Å². The number of nitrogens with zero attached hydrogens (tertiary/aromatic N) is 3. The lowest BCUT2D eigenvalue weighted by Gasteiger charge is -2.18. The van der Waals surface area contributed by atoms with Gasteiger partial charge in [-0.1, -0.05) is 23.5 Å². The molecule has 1 aromatic heterocycles. The summed E-state index contributed by atoms with van der Waals surface area (Å²) in [4.78, 5) is 13.9. The van der Waals surface area contributed by atoms with Crippen molar-refractivity contribution in [3.05, 3.63) is 34.3 Å². The number of ether oxygens (including phenoxy) is 1. The fourth-order valence-corrected chi connectivity index (χ4v) is 2.91. The Morgan fingerprint density at radius 1 is 1.36 bits per heavy atom. The standard InChI is InChI=1S/C15H20N4O2S/c1-10-5-12(6-11(2)14(10)21-4)7-19(3)8-13(20)17-15-18-16-9-22-15/h5-6,9H,7-8H2,1-4H3,(H,17,18,20). The van der Waals surface area contributed by atoms with Gasteiger partial charge in [0.1, 0.15) is 11.3 Å². The number of benzene rings is 1. The van der Waals surface area contributed by atoms with Crippen molar-refractivity contribution in [1.82, 2.24) is 15.1 Å². The van der Waals surface area contributed by atoms with Crippen LogP contribution in [0.25, 0.3) is 0 Å². The first-order valence-electron chi connectivity index (χ1n) is 6.88. The van der Waals surface area contributed by atoms with Crippen LogP contribution in [0.2, 0.25) is 0 Å². The van der Waals surface area contributed by atoms with Gasteiger partial charge in [-0.2, -0.15) is 0 Å². The molecule has 0 aliphatic carbocycles. The van der Waals surface area contributed by atoms with Crippen LogP contribution in [0.4, 0.5) is 5.13 Å². The van der Waals surface area contributed by atoms with Crippen molar-refractivity contribution in [3.8, 4) is 5.75 Å². The summed E-state index contributed by atoms with van der Waals surface area (Å²) in [6.45, 7) is 5.04. The van der Waals surface area contributed by atoms with E-state index in [1.807, 2.05) is 25.8 Å². The van der Waals surface area contributed by atoms with Gasteiger partial charge in [-0.3, -0.25) is 15.0 Å². The molecule has 6 nitrogen and oxygen atoms in total. The van der Waals surface area contributed by atoms with Crippen molar-refractivity contribution in [2.45, 2.75) is 20.4 Å². The van der Waals surface area contributed by atoms with Crippen LogP contribution in [0, 0.1) is 13.8 Å². The van der Waals surface area contributed by atoms with Crippen molar-refractivity contribution in [3.63, 3.8) is 0 Å². The molecule has 0 aliphatic heterocycles. The Bertz CT molecular complexity index is 620. The van der Waals surface area contributed by atoms with Crippen LogP contribution < -0.4 is 10.1 Å². The number of carbonyl (C=O) groups is 1. The molecule has 2 rings (SSSR count). The monoisotopic (exact) mass is 320 g/mol. The predicted molar refractivity (Wildman–Crippen MR) is 87.3 cm³/mol. The fourth-order valence-electron chi connectivity index (χ4n) is 2.45. The van der Waals surface area contributed by atoms with Gasteiger partial charge in [-0.25, -0.2) is 0 Å². The molecular formula is C15H20N4O2S. The molecule has 2 aromatic rings. The molecule has 0 radical (unpaired) electrons. The molecule has 1 N–H and O–H groups in total. The third-order valence-electron chi connectivity index (χ3n) is 3.20. The molecule has 118 valence electrons. The number of carbonyl (C=O) groups excluding carboxylic acids is 1. The zero-order chi connectivity index (χ0) is 16.1. The van der Waals surface area contributed by atoms with Crippen molar-refractivity contribution >= 4 is 22.4 Å². The maximum absolute atomic E-state index is 11.9. The molecule has 0 atom stereocenters. The SMILES string of the molecule is COc1c(C)cc(CN(C)CC(=O)Nc2nncs2)cc1C. The highest BCUT2D eigenvalue weighted by Gasteiger charge is 2.11. The maximum Gasteiger partial charge on any atom is 0.240 e. The van der Waals surface area contributed by atoms with E-state index in [4.69, 9.17) is 4.74 Å². The summed E-state index contributed by atoms with van der Waals surface area (Å²) in [6.07, 6.45) is 0. The Balaban J connectivity index is 1.94. The zero-order valence-electron chi connectivity index (χ0n) is 13.2. The Labute approximate surface area is 134 Å². The van der Waals surface area contributed by atoms with Crippen molar-refractivity contribution in [1.29, 1.82) is 0 Å². The molecule has 22 heavy (non-hydrogen) atoms. The van der Waals surface area contributed by atoms with Crippen LogP contribution in [0.3, 0.4) is 0 Å². The van der Waals surface area contributed by atoms with Crippen molar-refractivity contribution in [2.24, 2.45) is 0 Å². The molecule has 0 bridgehead atoms. The van der Waals surface area contributed by atoms with Crippen LogP contribution in [0.15, 0.2) is 17.6 Å². The predicted octanol–water partition coefficient (Wildman–Crippen LogP) is 2.23. The average Bonchev–Trinajstić information content (AvgIpc) is 2.90. The van der Waals surface area contributed by atoms with Gasteiger partial charge in [0.2, 0.25) is 11.0 Å². The number of aromatic nitrogens is 2. The second-order valence-electron chi connectivity index (χ2n) is 5.23. The van der Waals surface area contributed by atoms with Crippen LogP contribution in [-0.2, 0) is 11.3 Å². The van der Waals surface area contributed by atoms with E-state index < -0.39 is 0 Å². The number of anilines is 1. The highest BCUT2D eigenvalue weighted by Crippen LogP contribution is 2.24. The minimum Gasteiger partial charge on any atom is -0.496 e. The zero-order valence-corrected chi connectivity index (χ0v) is 14.0. The van der Waals surface area contributed by atoms with E-state index in [2.05, 4.69) is 27.6 Å². The fraction of sp³-hybridized carbons (Fsp3) is 0.400. The number of nitrogens with one attached hydrogen (secondary N) is 1. The summed E-state index contributed by atoms with van der Waals surface area (Å²) in [5.74, 6) is 0.821. The van der Waals surface area contributed by atoms with E-state index in [1.54, 1.807) is 12.6 Å². The molecule has 0 saturated carbocycles. The number of amides is 1. The Hall–Kier alpha value is -1.99. The van der Waals surface area contributed by atoms with Crippen LogP contribution in [-0.4, -0.2) is 41.7 Å². The minimum absolute atomic E-state index is 0.0961. The van der Waals surface area contributed by atoms with Crippen LogP contribution >= 0.6 is 11.3 Å². The molecule has 0 unspecified atom stereocenters. The third kappa shape index (κ3) is 4.25. The van der Waals surface area contributed by atoms with E-state index >= 15 is 0 Å². The topological polar surface area (TPSA) is 67.3 Å². The molecule has 1 amide bonds. The van der Waals surface area contributed by atoms with Gasteiger partial charge in [0.25, 0.3) is 0 Å². The number of likely N-dealkylation sites (N-methyl/N-ethyl adjacent to an activating group) is 1. The van der Waals surface area contributed by atoms with Gasteiger partial charge in [-0.15, -0.1) is 10.2 Å². The quantitative estimate of drug-likeness (QED) is 0.884. The molecule has 0 aliphatic rings. The maximum atomic E-state index is 11.9. The lowest BCUT2D eigenvalue weighted by atomic mass is 10.1. The smallest absolute Gasteiger partial charge is 0.240 e.